The molecule has 30 heavy (non-hydrogen) atoms. The molecule has 6 nitrogen and oxygen atoms in total. The number of hydrogen-bond acceptors (Lipinski definition) is 4. The average molecular weight is 427 g/mol. The van der Waals surface area contributed by atoms with Crippen molar-refractivity contribution in [2.75, 3.05) is 13.1 Å². The number of fused-ring (bicyclic) bond motifs is 2. The van der Waals surface area contributed by atoms with E-state index in [2.05, 4.69) is 4.98 Å². The number of benzene rings is 1. The van der Waals surface area contributed by atoms with Crippen LogP contribution in [0.25, 0.3) is 5.65 Å². The van der Waals surface area contributed by atoms with Gasteiger partial charge in [0, 0.05) is 31.5 Å². The maximum absolute atomic E-state index is 13.2. The first-order valence-corrected chi connectivity index (χ1v) is 10.3. The van der Waals surface area contributed by atoms with Gasteiger partial charge in [-0.05, 0) is 55.4 Å². The number of carbonyl (C=O) groups excluding carboxylic acids is 1. The van der Waals surface area contributed by atoms with Crippen molar-refractivity contribution in [3.63, 3.8) is 0 Å². The van der Waals surface area contributed by atoms with Crippen LogP contribution in [0, 0.1) is 18.8 Å². The van der Waals surface area contributed by atoms with E-state index in [1.165, 1.54) is 0 Å². The fourth-order valence-electron chi connectivity index (χ4n) is 4.84. The second kappa shape index (κ2) is 8.28. The predicted octanol–water partition coefficient (Wildman–Crippen LogP) is 3.45. The predicted molar refractivity (Wildman–Crippen MR) is 118 cm³/mol. The molecule has 2 fully saturated rings. The molecular weight excluding hydrogens is 400 g/mol. The zero-order chi connectivity index (χ0) is 20.0. The van der Waals surface area contributed by atoms with Crippen molar-refractivity contribution < 1.29 is 9.53 Å². The van der Waals surface area contributed by atoms with Gasteiger partial charge in [-0.2, -0.15) is 0 Å². The molecule has 0 radical (unpaired) electrons. The summed E-state index contributed by atoms with van der Waals surface area (Å²) >= 11 is 0. The molecular formula is C23H27ClN4O2. The Bertz CT molecular complexity index is 1070. The van der Waals surface area contributed by atoms with Gasteiger partial charge in [0.15, 0.2) is 0 Å². The largest absolute Gasteiger partial charge is 0.486 e. The van der Waals surface area contributed by atoms with Gasteiger partial charge in [0.25, 0.3) is 5.91 Å². The maximum Gasteiger partial charge on any atom is 0.257 e. The third kappa shape index (κ3) is 3.66. The lowest BCUT2D eigenvalue weighted by atomic mass is 9.98. The summed E-state index contributed by atoms with van der Waals surface area (Å²) in [6, 6.07) is 11.8. The number of ether oxygens (including phenoxy) is 1. The van der Waals surface area contributed by atoms with Crippen LogP contribution in [0.1, 0.15) is 34.5 Å². The fraction of sp³-hybridized carbons (Fsp3) is 0.391. The summed E-state index contributed by atoms with van der Waals surface area (Å²) < 4.78 is 8.04. The molecule has 158 valence electrons. The van der Waals surface area contributed by atoms with Crippen LogP contribution >= 0.6 is 12.4 Å². The smallest absolute Gasteiger partial charge is 0.257 e. The molecule has 1 aliphatic carbocycles. The fourth-order valence-corrected chi connectivity index (χ4v) is 4.84. The van der Waals surface area contributed by atoms with E-state index in [0.29, 0.717) is 29.8 Å². The summed E-state index contributed by atoms with van der Waals surface area (Å²) in [5, 5.41) is 0. The molecule has 0 spiro atoms. The van der Waals surface area contributed by atoms with Gasteiger partial charge in [-0.15, -0.1) is 12.4 Å². The summed E-state index contributed by atoms with van der Waals surface area (Å²) in [5.74, 6) is 1.62. The highest BCUT2D eigenvalue weighted by Gasteiger charge is 2.42. The number of nitrogens with zero attached hydrogens (tertiary/aromatic N) is 3. The van der Waals surface area contributed by atoms with Crippen LogP contribution in [-0.2, 0) is 6.61 Å². The van der Waals surface area contributed by atoms with Crippen molar-refractivity contribution in [1.82, 2.24) is 14.3 Å². The third-order valence-electron chi connectivity index (χ3n) is 6.42. The highest BCUT2D eigenvalue weighted by atomic mass is 35.5. The highest BCUT2D eigenvalue weighted by molar-refractivity contribution is 5.97. The standard InChI is InChI=1S/C23H26N4O2.ClH/c1-15-5-4-10-26-12-17(25-22(15)26)14-29-21-7-3-2-6-18(21)23(28)27-11-16-8-9-20(24)19(16)13-27;/h2-7,10,12,16,19-20H,8-9,11,13-14,24H2,1H3;1H. The minimum absolute atomic E-state index is 0. The van der Waals surface area contributed by atoms with Gasteiger partial charge in [0.2, 0.25) is 0 Å². The SMILES string of the molecule is Cc1cccn2cc(COc3ccccc3C(=O)N3CC4CCC(N)C4C3)nc12.Cl. The summed E-state index contributed by atoms with van der Waals surface area (Å²) in [7, 11) is 0. The van der Waals surface area contributed by atoms with E-state index in [0.717, 1.165) is 42.8 Å². The summed E-state index contributed by atoms with van der Waals surface area (Å²) in [6.45, 7) is 3.92. The second-order valence-electron chi connectivity index (χ2n) is 8.31. The van der Waals surface area contributed by atoms with Crippen molar-refractivity contribution in [2.24, 2.45) is 17.6 Å². The van der Waals surface area contributed by atoms with Crippen molar-refractivity contribution in [1.29, 1.82) is 0 Å². The van der Waals surface area contributed by atoms with Crippen LogP contribution in [0.2, 0.25) is 0 Å². The number of aryl methyl sites for hydroxylation is 1. The van der Waals surface area contributed by atoms with E-state index < -0.39 is 0 Å². The number of imidazole rings is 1. The molecule has 1 aromatic carbocycles. The van der Waals surface area contributed by atoms with E-state index in [-0.39, 0.29) is 24.4 Å². The van der Waals surface area contributed by atoms with Crippen LogP contribution in [0.15, 0.2) is 48.8 Å². The van der Waals surface area contributed by atoms with Gasteiger partial charge in [0.05, 0.1) is 11.3 Å². The normalized spacial score (nSPS) is 22.7. The zero-order valence-electron chi connectivity index (χ0n) is 17.0. The van der Waals surface area contributed by atoms with Crippen molar-refractivity contribution >= 4 is 24.0 Å². The Labute approximate surface area is 182 Å². The van der Waals surface area contributed by atoms with Gasteiger partial charge in [-0.1, -0.05) is 18.2 Å². The lowest BCUT2D eigenvalue weighted by Crippen LogP contribution is -2.33. The summed E-state index contributed by atoms with van der Waals surface area (Å²) in [5.41, 5.74) is 9.73. The number of hydrogen-bond donors (Lipinski definition) is 1. The van der Waals surface area contributed by atoms with Crippen LogP contribution in [0.3, 0.4) is 0 Å². The van der Waals surface area contributed by atoms with Gasteiger partial charge >= 0.3 is 0 Å². The monoisotopic (exact) mass is 426 g/mol. The van der Waals surface area contributed by atoms with E-state index in [1.807, 2.05) is 65.0 Å². The Morgan fingerprint density at radius 1 is 1.20 bits per heavy atom. The Kier molecular flexibility index (Phi) is 5.71. The third-order valence-corrected chi connectivity index (χ3v) is 6.42. The van der Waals surface area contributed by atoms with Crippen LogP contribution < -0.4 is 10.5 Å². The van der Waals surface area contributed by atoms with Crippen LogP contribution in [0.5, 0.6) is 5.75 Å². The highest BCUT2D eigenvalue weighted by Crippen LogP contribution is 2.38. The molecule has 1 saturated heterocycles. The molecule has 2 N–H and O–H groups in total. The van der Waals surface area contributed by atoms with Crippen LogP contribution in [-0.4, -0.2) is 39.3 Å². The molecule has 5 rings (SSSR count). The molecule has 1 amide bonds. The van der Waals surface area contributed by atoms with Crippen molar-refractivity contribution in [3.8, 4) is 5.75 Å². The number of likely N-dealkylation sites (tertiary alicyclic amines) is 1. The van der Waals surface area contributed by atoms with Gasteiger partial charge in [-0.3, -0.25) is 4.79 Å². The molecule has 3 unspecified atom stereocenters. The number of nitrogens with two attached hydrogens (primary N) is 1. The quantitative estimate of drug-likeness (QED) is 0.693. The molecule has 2 aromatic heterocycles. The van der Waals surface area contributed by atoms with E-state index in [4.69, 9.17) is 10.5 Å². The van der Waals surface area contributed by atoms with Crippen molar-refractivity contribution in [2.45, 2.75) is 32.4 Å². The number of halogens is 1. The van der Waals surface area contributed by atoms with Gasteiger partial charge in [0.1, 0.15) is 18.0 Å². The van der Waals surface area contributed by atoms with Gasteiger partial charge in [-0.25, -0.2) is 4.98 Å². The number of para-hydroxylation sites is 1. The minimum atomic E-state index is 0. The first-order chi connectivity index (χ1) is 14.1. The molecule has 1 saturated carbocycles. The van der Waals surface area contributed by atoms with Crippen molar-refractivity contribution in [3.05, 3.63) is 65.6 Å². The first kappa shape index (κ1) is 20.7. The molecule has 3 heterocycles. The lowest BCUT2D eigenvalue weighted by Gasteiger charge is -2.20. The molecule has 3 aromatic rings. The molecule has 1 aliphatic heterocycles. The van der Waals surface area contributed by atoms with Crippen LogP contribution in [0.4, 0.5) is 0 Å². The average Bonchev–Trinajstić information content (AvgIpc) is 3.42. The lowest BCUT2D eigenvalue weighted by molar-refractivity contribution is 0.0774. The van der Waals surface area contributed by atoms with E-state index in [9.17, 15) is 4.79 Å². The number of carbonyl (C=O) groups is 1. The molecule has 3 atom stereocenters. The molecule has 2 aliphatic rings. The molecule has 7 heteroatoms. The Balaban J connectivity index is 0.00000218. The topological polar surface area (TPSA) is 72.9 Å². The Morgan fingerprint density at radius 2 is 2.03 bits per heavy atom. The number of aromatic nitrogens is 2. The Morgan fingerprint density at radius 3 is 2.83 bits per heavy atom. The first-order valence-electron chi connectivity index (χ1n) is 10.3. The number of amides is 1. The summed E-state index contributed by atoms with van der Waals surface area (Å²) in [6.07, 6.45) is 6.15. The van der Waals surface area contributed by atoms with E-state index >= 15 is 0 Å². The zero-order valence-corrected chi connectivity index (χ0v) is 17.8. The van der Waals surface area contributed by atoms with Gasteiger partial charge < -0.3 is 19.8 Å². The minimum Gasteiger partial charge on any atom is -0.486 e. The number of rotatable bonds is 4. The molecule has 0 bridgehead atoms. The maximum atomic E-state index is 13.2. The Hall–Kier alpha value is -2.57. The summed E-state index contributed by atoms with van der Waals surface area (Å²) in [4.78, 5) is 19.8. The second-order valence-corrected chi connectivity index (χ2v) is 8.31. The number of pyridine rings is 1. The van der Waals surface area contributed by atoms with E-state index in [1.54, 1.807) is 0 Å².